The highest BCUT2D eigenvalue weighted by molar-refractivity contribution is 7.19. The Morgan fingerprint density at radius 2 is 2.03 bits per heavy atom. The largest absolute Gasteiger partial charge is 0.477 e. The van der Waals surface area contributed by atoms with Gasteiger partial charge in [-0.3, -0.25) is 0 Å². The highest BCUT2D eigenvalue weighted by Gasteiger charge is 2.31. The number of aromatic nitrogens is 2. The third-order valence-corrected chi connectivity index (χ3v) is 5.36. The van der Waals surface area contributed by atoms with E-state index in [9.17, 15) is 18.0 Å². The van der Waals surface area contributed by atoms with Gasteiger partial charge in [-0.1, -0.05) is 18.3 Å². The minimum atomic E-state index is -4.41. The zero-order valence-electron chi connectivity index (χ0n) is 16.2. The standard InChI is InChI=1S/C19H23F3N2O4S/c1-11(5-12(2)25)8-26-14-6-13(7-14)9-27-16-4-3-15-17(24-16)29-18(23-15)28-10-19(20,21)22/h3-4,11,13-14H,5-10H2,1-2H3/t11-,13?,14?/m1/s1. The van der Waals surface area contributed by atoms with E-state index in [1.54, 1.807) is 19.1 Å². The lowest BCUT2D eigenvalue weighted by Gasteiger charge is -2.35. The summed E-state index contributed by atoms with van der Waals surface area (Å²) in [4.78, 5) is 19.8. The van der Waals surface area contributed by atoms with Crippen molar-refractivity contribution in [2.45, 2.75) is 45.4 Å². The van der Waals surface area contributed by atoms with E-state index in [4.69, 9.17) is 9.47 Å². The summed E-state index contributed by atoms with van der Waals surface area (Å²) in [5, 5.41) is -0.0695. The number of Topliss-reactive ketones (excluding diaryl/α,β-unsaturated/α-hetero) is 1. The molecular weight excluding hydrogens is 409 g/mol. The molecule has 0 aliphatic heterocycles. The Hall–Kier alpha value is -1.94. The molecule has 1 saturated carbocycles. The van der Waals surface area contributed by atoms with Crippen LogP contribution in [0.2, 0.25) is 0 Å². The second kappa shape index (κ2) is 9.25. The van der Waals surface area contributed by atoms with Crippen molar-refractivity contribution >= 4 is 27.5 Å². The average molecular weight is 432 g/mol. The van der Waals surface area contributed by atoms with E-state index in [-0.39, 0.29) is 23.0 Å². The van der Waals surface area contributed by atoms with E-state index in [0.29, 0.717) is 41.8 Å². The van der Waals surface area contributed by atoms with Gasteiger partial charge in [-0.05, 0) is 37.7 Å². The van der Waals surface area contributed by atoms with Crippen LogP contribution in [0.25, 0.3) is 10.3 Å². The van der Waals surface area contributed by atoms with E-state index in [0.717, 1.165) is 24.2 Å². The predicted octanol–water partition coefficient (Wildman–Crippen LogP) is 4.42. The van der Waals surface area contributed by atoms with Crippen molar-refractivity contribution in [1.82, 2.24) is 9.97 Å². The Balaban J connectivity index is 1.40. The van der Waals surface area contributed by atoms with Gasteiger partial charge in [-0.25, -0.2) is 9.97 Å². The summed E-state index contributed by atoms with van der Waals surface area (Å²) < 4.78 is 52.9. The van der Waals surface area contributed by atoms with Crippen LogP contribution in [0.15, 0.2) is 12.1 Å². The number of ether oxygens (including phenoxy) is 3. The molecule has 0 unspecified atom stereocenters. The van der Waals surface area contributed by atoms with Crippen LogP contribution in [-0.4, -0.2) is 47.9 Å². The number of fused-ring (bicyclic) bond motifs is 1. The molecule has 0 aromatic carbocycles. The van der Waals surface area contributed by atoms with Crippen LogP contribution in [0.5, 0.6) is 11.1 Å². The minimum Gasteiger partial charge on any atom is -0.477 e. The number of alkyl halides is 3. The zero-order valence-corrected chi connectivity index (χ0v) is 17.0. The third kappa shape index (κ3) is 6.81. The normalized spacial score (nSPS) is 20.3. The van der Waals surface area contributed by atoms with Gasteiger partial charge in [-0.2, -0.15) is 13.2 Å². The molecule has 1 fully saturated rings. The quantitative estimate of drug-likeness (QED) is 0.554. The number of nitrogens with zero attached hydrogens (tertiary/aromatic N) is 2. The lowest BCUT2D eigenvalue weighted by Crippen LogP contribution is -2.36. The van der Waals surface area contributed by atoms with E-state index in [2.05, 4.69) is 14.7 Å². The number of carbonyl (C=O) groups excluding carboxylic acids is 1. The molecule has 1 aliphatic rings. The Morgan fingerprint density at radius 1 is 1.28 bits per heavy atom. The van der Waals surface area contributed by atoms with Crippen LogP contribution in [0, 0.1) is 11.8 Å². The fourth-order valence-electron chi connectivity index (χ4n) is 3.07. The fraction of sp³-hybridized carbons (Fsp3) is 0.632. The van der Waals surface area contributed by atoms with E-state index < -0.39 is 12.8 Å². The maximum Gasteiger partial charge on any atom is 0.422 e. The first-order valence-corrected chi connectivity index (χ1v) is 10.2. The van der Waals surface area contributed by atoms with Gasteiger partial charge in [0.05, 0.1) is 12.7 Å². The second-order valence-electron chi connectivity index (χ2n) is 7.47. The average Bonchev–Trinajstić information content (AvgIpc) is 2.99. The summed E-state index contributed by atoms with van der Waals surface area (Å²) in [5.41, 5.74) is 0.469. The number of hydrogen-bond acceptors (Lipinski definition) is 7. The number of rotatable bonds is 10. The van der Waals surface area contributed by atoms with E-state index in [1.807, 2.05) is 6.92 Å². The maximum absolute atomic E-state index is 12.2. The molecule has 0 radical (unpaired) electrons. The molecule has 0 saturated heterocycles. The van der Waals surface area contributed by atoms with Gasteiger partial charge < -0.3 is 19.0 Å². The van der Waals surface area contributed by atoms with Crippen molar-refractivity contribution in [2.24, 2.45) is 11.8 Å². The predicted molar refractivity (Wildman–Crippen MR) is 101 cm³/mol. The number of hydrogen-bond donors (Lipinski definition) is 0. The van der Waals surface area contributed by atoms with E-state index in [1.165, 1.54) is 0 Å². The second-order valence-corrected chi connectivity index (χ2v) is 8.41. The number of thiazole rings is 1. The summed E-state index contributed by atoms with van der Waals surface area (Å²) in [7, 11) is 0. The Kier molecular flexibility index (Phi) is 6.94. The summed E-state index contributed by atoms with van der Waals surface area (Å²) in [6, 6.07) is 3.30. The Labute approximate surface area is 170 Å². The van der Waals surface area contributed by atoms with Crippen LogP contribution >= 0.6 is 11.3 Å². The van der Waals surface area contributed by atoms with Crippen LogP contribution in [0.3, 0.4) is 0 Å². The Morgan fingerprint density at radius 3 is 2.72 bits per heavy atom. The number of pyridine rings is 1. The van der Waals surface area contributed by atoms with E-state index >= 15 is 0 Å². The molecular formula is C19H23F3N2O4S. The summed E-state index contributed by atoms with van der Waals surface area (Å²) in [6.07, 6.45) is -1.89. The van der Waals surface area contributed by atoms with Gasteiger partial charge >= 0.3 is 6.18 Å². The summed E-state index contributed by atoms with van der Waals surface area (Å²) in [5.74, 6) is 1.17. The monoisotopic (exact) mass is 432 g/mol. The van der Waals surface area contributed by atoms with Crippen molar-refractivity contribution in [3.05, 3.63) is 12.1 Å². The van der Waals surface area contributed by atoms with Crippen molar-refractivity contribution in [2.75, 3.05) is 19.8 Å². The van der Waals surface area contributed by atoms with Crippen LogP contribution < -0.4 is 9.47 Å². The molecule has 2 heterocycles. The number of ketones is 1. The SMILES string of the molecule is CC(=O)C[C@@H](C)COC1CC(COc2ccc3nc(OCC(F)(F)F)sc3n2)C1. The summed E-state index contributed by atoms with van der Waals surface area (Å²) in [6.45, 7) is 3.29. The molecule has 10 heteroatoms. The molecule has 3 rings (SSSR count). The van der Waals surface area contributed by atoms with Gasteiger partial charge in [0, 0.05) is 19.1 Å². The van der Waals surface area contributed by atoms with Gasteiger partial charge in [0.1, 0.15) is 11.3 Å². The van der Waals surface area contributed by atoms with Crippen LogP contribution in [-0.2, 0) is 9.53 Å². The van der Waals surface area contributed by atoms with Crippen LogP contribution in [0.4, 0.5) is 13.2 Å². The molecule has 6 nitrogen and oxygen atoms in total. The molecule has 160 valence electrons. The molecule has 0 spiro atoms. The summed E-state index contributed by atoms with van der Waals surface area (Å²) >= 11 is 0.951. The van der Waals surface area contributed by atoms with Crippen molar-refractivity contribution in [3.63, 3.8) is 0 Å². The van der Waals surface area contributed by atoms with Crippen molar-refractivity contribution in [1.29, 1.82) is 0 Å². The molecule has 0 N–H and O–H groups in total. The maximum atomic E-state index is 12.2. The lowest BCUT2D eigenvalue weighted by atomic mass is 9.83. The molecule has 2 aromatic rings. The third-order valence-electron chi connectivity index (χ3n) is 4.48. The Bertz CT molecular complexity index is 836. The highest BCUT2D eigenvalue weighted by Crippen LogP contribution is 2.32. The highest BCUT2D eigenvalue weighted by atomic mass is 32.1. The first-order chi connectivity index (χ1) is 13.7. The van der Waals surface area contributed by atoms with Gasteiger partial charge in [0.25, 0.3) is 5.19 Å². The number of carbonyl (C=O) groups is 1. The molecule has 0 bridgehead atoms. The van der Waals surface area contributed by atoms with Crippen LogP contribution in [0.1, 0.15) is 33.1 Å². The topological polar surface area (TPSA) is 70.5 Å². The fourth-order valence-corrected chi connectivity index (χ4v) is 3.85. The molecule has 1 aliphatic carbocycles. The van der Waals surface area contributed by atoms with Gasteiger partial charge in [0.2, 0.25) is 5.88 Å². The molecule has 2 aromatic heterocycles. The van der Waals surface area contributed by atoms with Gasteiger partial charge in [-0.15, -0.1) is 0 Å². The van der Waals surface area contributed by atoms with Crippen molar-refractivity contribution < 1.29 is 32.2 Å². The molecule has 1 atom stereocenters. The minimum absolute atomic E-state index is 0.0695. The lowest BCUT2D eigenvalue weighted by molar-refractivity contribution is -0.153. The molecule has 29 heavy (non-hydrogen) atoms. The zero-order chi connectivity index (χ0) is 21.0. The molecule has 0 amide bonds. The number of halogens is 3. The first kappa shape index (κ1) is 21.8. The van der Waals surface area contributed by atoms with Gasteiger partial charge in [0.15, 0.2) is 11.4 Å². The smallest absolute Gasteiger partial charge is 0.422 e. The van der Waals surface area contributed by atoms with Crippen molar-refractivity contribution in [3.8, 4) is 11.1 Å². The first-order valence-electron chi connectivity index (χ1n) is 9.39.